The summed E-state index contributed by atoms with van der Waals surface area (Å²) in [5.74, 6) is -0.912. The molecule has 1 unspecified atom stereocenters. The van der Waals surface area contributed by atoms with Crippen LogP contribution in [0.15, 0.2) is 12.1 Å². The maximum absolute atomic E-state index is 14.3. The summed E-state index contributed by atoms with van der Waals surface area (Å²) in [4.78, 5) is 13.3. The highest BCUT2D eigenvalue weighted by Crippen LogP contribution is 2.39. The average Bonchev–Trinajstić information content (AvgIpc) is 3.08. The Kier molecular flexibility index (Phi) is 3.74. The number of nitrogens with zero attached hydrogens (tertiary/aromatic N) is 1. The van der Waals surface area contributed by atoms with Crippen molar-refractivity contribution < 1.29 is 14.3 Å². The SMILES string of the molecule is Nc1cc(F)c(N2CCCC2C2CCCC2)cc1C(=O)O. The molecular weight excluding hydrogens is 271 g/mol. The highest BCUT2D eigenvalue weighted by Gasteiger charge is 2.34. The average molecular weight is 292 g/mol. The number of nitrogen functional groups attached to an aromatic ring is 1. The van der Waals surface area contributed by atoms with Gasteiger partial charge in [-0.25, -0.2) is 9.18 Å². The lowest BCUT2D eigenvalue weighted by atomic mass is 9.95. The van der Waals surface area contributed by atoms with Gasteiger partial charge >= 0.3 is 5.97 Å². The second-order valence-electron chi connectivity index (χ2n) is 6.14. The monoisotopic (exact) mass is 292 g/mol. The fourth-order valence-corrected chi connectivity index (χ4v) is 3.91. The van der Waals surface area contributed by atoms with Crippen molar-refractivity contribution in [2.45, 2.75) is 44.6 Å². The van der Waals surface area contributed by atoms with Crippen LogP contribution in [0.1, 0.15) is 48.9 Å². The van der Waals surface area contributed by atoms with Crippen LogP contribution in [-0.4, -0.2) is 23.7 Å². The second kappa shape index (κ2) is 5.54. The number of carbonyl (C=O) groups is 1. The number of carboxylic acid groups (broad SMARTS) is 1. The number of hydrogen-bond acceptors (Lipinski definition) is 3. The molecule has 2 aliphatic rings. The molecule has 2 fully saturated rings. The first-order valence-corrected chi connectivity index (χ1v) is 7.67. The van der Waals surface area contributed by atoms with Crippen LogP contribution in [0.5, 0.6) is 0 Å². The van der Waals surface area contributed by atoms with Crippen LogP contribution in [0.3, 0.4) is 0 Å². The number of anilines is 2. The van der Waals surface area contributed by atoms with E-state index in [1.54, 1.807) is 0 Å². The van der Waals surface area contributed by atoms with Crippen molar-refractivity contribution in [2.75, 3.05) is 17.2 Å². The van der Waals surface area contributed by atoms with E-state index >= 15 is 0 Å². The number of carboxylic acids is 1. The highest BCUT2D eigenvalue weighted by molar-refractivity contribution is 5.95. The summed E-state index contributed by atoms with van der Waals surface area (Å²) < 4.78 is 14.3. The van der Waals surface area contributed by atoms with Crippen molar-refractivity contribution in [3.8, 4) is 0 Å². The summed E-state index contributed by atoms with van der Waals surface area (Å²) in [5, 5.41) is 9.18. The lowest BCUT2D eigenvalue weighted by Crippen LogP contribution is -2.35. The number of aromatic carboxylic acids is 1. The van der Waals surface area contributed by atoms with E-state index in [2.05, 4.69) is 4.90 Å². The Morgan fingerprint density at radius 3 is 2.62 bits per heavy atom. The molecule has 1 aliphatic heterocycles. The standard InChI is InChI=1S/C16H21FN2O2/c17-12-9-13(18)11(16(20)21)8-15(12)19-7-3-6-14(19)10-4-1-2-5-10/h8-10,14H,1-7,18H2,(H,20,21). The van der Waals surface area contributed by atoms with Crippen LogP contribution < -0.4 is 10.6 Å². The Bertz CT molecular complexity index is 555. The van der Waals surface area contributed by atoms with Crippen LogP contribution in [0, 0.1) is 11.7 Å². The van der Waals surface area contributed by atoms with Gasteiger partial charge in [0.05, 0.1) is 11.3 Å². The molecule has 1 saturated heterocycles. The van der Waals surface area contributed by atoms with Gasteiger partial charge in [0.2, 0.25) is 0 Å². The Morgan fingerprint density at radius 2 is 1.95 bits per heavy atom. The van der Waals surface area contributed by atoms with Crippen LogP contribution >= 0.6 is 0 Å². The van der Waals surface area contributed by atoms with E-state index in [4.69, 9.17) is 5.73 Å². The first-order valence-electron chi connectivity index (χ1n) is 7.67. The molecule has 5 heteroatoms. The van der Waals surface area contributed by atoms with E-state index in [9.17, 15) is 14.3 Å². The summed E-state index contributed by atoms with van der Waals surface area (Å²) in [6.07, 6.45) is 7.00. The normalized spacial score (nSPS) is 22.9. The lowest BCUT2D eigenvalue weighted by Gasteiger charge is -2.32. The Hall–Kier alpha value is -1.78. The molecule has 3 rings (SSSR count). The smallest absolute Gasteiger partial charge is 0.337 e. The fourth-order valence-electron chi connectivity index (χ4n) is 3.91. The number of rotatable bonds is 3. The third-order valence-corrected chi connectivity index (χ3v) is 4.90. The Labute approximate surface area is 123 Å². The van der Waals surface area contributed by atoms with Gasteiger partial charge in [-0.1, -0.05) is 12.8 Å². The summed E-state index contributed by atoms with van der Waals surface area (Å²) in [7, 11) is 0. The molecule has 1 atom stereocenters. The van der Waals surface area contributed by atoms with Crippen LogP contribution in [0.4, 0.5) is 15.8 Å². The molecule has 1 aromatic carbocycles. The van der Waals surface area contributed by atoms with Gasteiger partial charge in [-0.15, -0.1) is 0 Å². The first-order chi connectivity index (χ1) is 10.1. The Balaban J connectivity index is 1.94. The zero-order chi connectivity index (χ0) is 15.0. The van der Waals surface area contributed by atoms with Gasteiger partial charge in [0.15, 0.2) is 0 Å². The van der Waals surface area contributed by atoms with Crippen molar-refractivity contribution in [3.63, 3.8) is 0 Å². The molecule has 1 saturated carbocycles. The fraction of sp³-hybridized carbons (Fsp3) is 0.562. The van der Waals surface area contributed by atoms with E-state index in [0.29, 0.717) is 17.6 Å². The van der Waals surface area contributed by atoms with E-state index in [-0.39, 0.29) is 11.3 Å². The number of benzene rings is 1. The van der Waals surface area contributed by atoms with Crippen molar-refractivity contribution in [1.29, 1.82) is 0 Å². The maximum Gasteiger partial charge on any atom is 0.337 e. The molecule has 21 heavy (non-hydrogen) atoms. The third-order valence-electron chi connectivity index (χ3n) is 4.90. The van der Waals surface area contributed by atoms with Gasteiger partial charge in [-0.3, -0.25) is 0 Å². The van der Waals surface area contributed by atoms with Crippen molar-refractivity contribution in [3.05, 3.63) is 23.5 Å². The first kappa shape index (κ1) is 14.2. The van der Waals surface area contributed by atoms with E-state index in [1.807, 2.05) is 0 Å². The Morgan fingerprint density at radius 1 is 1.24 bits per heavy atom. The molecule has 0 radical (unpaired) electrons. The quantitative estimate of drug-likeness (QED) is 0.839. The molecule has 3 N–H and O–H groups in total. The molecule has 1 aliphatic carbocycles. The summed E-state index contributed by atoms with van der Waals surface area (Å²) >= 11 is 0. The summed E-state index contributed by atoms with van der Waals surface area (Å²) in [5.41, 5.74) is 5.98. The number of halogens is 1. The summed E-state index contributed by atoms with van der Waals surface area (Å²) in [6, 6.07) is 2.88. The molecule has 114 valence electrons. The van der Waals surface area contributed by atoms with Crippen molar-refractivity contribution in [1.82, 2.24) is 0 Å². The van der Waals surface area contributed by atoms with Crippen LogP contribution in [0.2, 0.25) is 0 Å². The largest absolute Gasteiger partial charge is 0.478 e. The number of nitrogens with two attached hydrogens (primary N) is 1. The minimum absolute atomic E-state index is 0.0107. The predicted octanol–water partition coefficient (Wildman–Crippen LogP) is 3.27. The van der Waals surface area contributed by atoms with Gasteiger partial charge in [0, 0.05) is 18.3 Å². The molecular formula is C16H21FN2O2. The lowest BCUT2D eigenvalue weighted by molar-refractivity contribution is 0.0698. The van der Waals surface area contributed by atoms with E-state index in [1.165, 1.54) is 31.7 Å². The second-order valence-corrected chi connectivity index (χ2v) is 6.14. The molecule has 4 nitrogen and oxygen atoms in total. The molecule has 0 amide bonds. The molecule has 0 spiro atoms. The molecule has 1 heterocycles. The zero-order valence-corrected chi connectivity index (χ0v) is 12.0. The minimum Gasteiger partial charge on any atom is -0.478 e. The van der Waals surface area contributed by atoms with Gasteiger partial charge < -0.3 is 15.7 Å². The van der Waals surface area contributed by atoms with E-state index in [0.717, 1.165) is 25.5 Å². The predicted molar refractivity (Wildman–Crippen MR) is 80.1 cm³/mol. The van der Waals surface area contributed by atoms with E-state index < -0.39 is 11.8 Å². The molecule has 0 aromatic heterocycles. The van der Waals surface area contributed by atoms with Gasteiger partial charge in [-0.2, -0.15) is 0 Å². The van der Waals surface area contributed by atoms with Gasteiger partial charge in [0.1, 0.15) is 5.82 Å². The maximum atomic E-state index is 14.3. The topological polar surface area (TPSA) is 66.6 Å². The van der Waals surface area contributed by atoms with Crippen LogP contribution in [0.25, 0.3) is 0 Å². The number of hydrogen-bond donors (Lipinski definition) is 2. The minimum atomic E-state index is -1.11. The van der Waals surface area contributed by atoms with Crippen molar-refractivity contribution in [2.24, 2.45) is 5.92 Å². The molecule has 1 aromatic rings. The van der Waals surface area contributed by atoms with Gasteiger partial charge in [-0.05, 0) is 43.7 Å². The van der Waals surface area contributed by atoms with Crippen LogP contribution in [-0.2, 0) is 0 Å². The highest BCUT2D eigenvalue weighted by atomic mass is 19.1. The van der Waals surface area contributed by atoms with Crippen molar-refractivity contribution >= 4 is 17.3 Å². The third kappa shape index (κ3) is 2.57. The van der Waals surface area contributed by atoms with Gasteiger partial charge in [0.25, 0.3) is 0 Å². The zero-order valence-electron chi connectivity index (χ0n) is 12.0. The molecule has 0 bridgehead atoms. The summed E-state index contributed by atoms with van der Waals surface area (Å²) in [6.45, 7) is 0.793.